The molecule has 0 saturated heterocycles. The van der Waals surface area contributed by atoms with Crippen molar-refractivity contribution in [3.63, 3.8) is 0 Å². The maximum atomic E-state index is 5.15. The molecule has 0 N–H and O–H groups in total. The zero-order valence-corrected chi connectivity index (χ0v) is 63.8. The zero-order chi connectivity index (χ0) is 64.0. The Labute approximate surface area is 606 Å². The Balaban J connectivity index is 0.000000586. The van der Waals surface area contributed by atoms with Crippen molar-refractivity contribution < 1.29 is 23.5 Å². The molecule has 0 atom stereocenters. The van der Waals surface area contributed by atoms with Crippen LogP contribution in [-0.2, 0) is 0 Å². The van der Waals surface area contributed by atoms with Gasteiger partial charge in [0.05, 0.1) is 0 Å². The van der Waals surface area contributed by atoms with Gasteiger partial charge in [-0.1, -0.05) is 287 Å². The second-order valence-corrected chi connectivity index (χ2v) is 31.3. The molecule has 10 heteroatoms. The summed E-state index contributed by atoms with van der Waals surface area (Å²) in [6.07, 6.45) is 56.5. The molecular formula is C85H130F5S5. The molecule has 0 nitrogen and oxygen atoms in total. The lowest BCUT2D eigenvalue weighted by molar-refractivity contribution is 0.303. The van der Waals surface area contributed by atoms with Crippen LogP contribution in [0.4, 0.5) is 23.5 Å². The monoisotopic (exact) mass is 1410 g/mol. The highest BCUT2D eigenvalue weighted by atomic mass is 32.1. The van der Waals surface area contributed by atoms with E-state index in [1.165, 1.54) is 285 Å². The van der Waals surface area contributed by atoms with E-state index < -0.39 is 0 Å². The molecule has 535 valence electrons. The van der Waals surface area contributed by atoms with Gasteiger partial charge in [-0.15, -0.1) is 0 Å². The molecule has 0 bridgehead atoms. The van der Waals surface area contributed by atoms with E-state index in [-0.39, 0.29) is 23.5 Å². The van der Waals surface area contributed by atoms with Crippen molar-refractivity contribution in [1.29, 1.82) is 0 Å². The third kappa shape index (κ3) is 35.6. The number of benzene rings is 5. The first-order valence-electron chi connectivity index (χ1n) is 37.8. The van der Waals surface area contributed by atoms with Gasteiger partial charge < -0.3 is 0 Å². The normalized spacial score (nSPS) is 22.8. The average Bonchev–Trinajstić information content (AvgIpc) is 1.30. The summed E-state index contributed by atoms with van der Waals surface area (Å²) in [5.74, 6) is 9.00. The fraction of sp³-hybridized carbons (Fsp3) is 0.647. The quantitative estimate of drug-likeness (QED) is 0.0404. The van der Waals surface area contributed by atoms with Crippen LogP contribution in [-0.4, -0.2) is 0 Å². The molecule has 0 aromatic heterocycles. The zero-order valence-electron chi connectivity index (χ0n) is 59.7. The van der Waals surface area contributed by atoms with Crippen molar-refractivity contribution in [1.82, 2.24) is 0 Å². The minimum Gasteiger partial charge on any atom is -0.269 e. The highest BCUT2D eigenvalue weighted by Crippen LogP contribution is 2.43. The van der Waals surface area contributed by atoms with Gasteiger partial charge in [-0.2, -0.15) is 0 Å². The highest BCUT2D eigenvalue weighted by Gasteiger charge is 2.26. The minimum atomic E-state index is 0. The van der Waals surface area contributed by atoms with E-state index in [1.54, 1.807) is 0 Å². The summed E-state index contributed by atoms with van der Waals surface area (Å²) in [5.41, 5.74) is 7.55. The van der Waals surface area contributed by atoms with Crippen LogP contribution in [0.1, 0.15) is 349 Å². The molecule has 10 rings (SSSR count). The Bertz CT molecular complexity index is 2110. The van der Waals surface area contributed by atoms with Gasteiger partial charge >= 0.3 is 0 Å². The molecule has 0 spiro atoms. The molecule has 5 aromatic carbocycles. The van der Waals surface area contributed by atoms with Crippen molar-refractivity contribution in [2.24, 2.45) is 29.6 Å². The van der Waals surface area contributed by atoms with Crippen LogP contribution in [0.5, 0.6) is 0 Å². The summed E-state index contributed by atoms with van der Waals surface area (Å²) in [6, 6.07) is 43.2. The number of hydrogen-bond donors (Lipinski definition) is 0. The fourth-order valence-electron chi connectivity index (χ4n) is 16.0. The van der Waals surface area contributed by atoms with Crippen LogP contribution in [0.15, 0.2) is 146 Å². The van der Waals surface area contributed by atoms with Crippen LogP contribution >= 0.6 is 63.1 Å². The SMILES string of the molecule is CCCCC[C@H]1CC[C@H](c2ccc([S])cc2)CC1.CCCCC[C@H]1CC[C@H](c2ccc([S])cc2)CC1.CCCCC[C@H]1CC[C@H](c2ccc([S])cc2)CC1.CCCCC[C@H]1CC[C@H](c2ccc([S])cc2)CC1.CCCCC[C@H]1CC[C@H](c2ccc([S])cc2)CC1.F.F.F.F.F. The lowest BCUT2D eigenvalue weighted by Crippen LogP contribution is -2.13. The Morgan fingerprint density at radius 3 is 0.442 bits per heavy atom. The first kappa shape index (κ1) is 89.9. The second kappa shape index (κ2) is 53.7. The number of unbranched alkanes of at least 4 members (excludes halogenated alkanes) is 10. The van der Waals surface area contributed by atoms with E-state index in [2.05, 4.69) is 156 Å². The van der Waals surface area contributed by atoms with Crippen LogP contribution in [0, 0.1) is 29.6 Å². The minimum absolute atomic E-state index is 0. The van der Waals surface area contributed by atoms with E-state index in [9.17, 15) is 0 Å². The molecule has 0 aliphatic heterocycles. The van der Waals surface area contributed by atoms with Crippen LogP contribution < -0.4 is 0 Å². The van der Waals surface area contributed by atoms with Crippen molar-refractivity contribution >= 4 is 63.1 Å². The van der Waals surface area contributed by atoms with Gasteiger partial charge in [0, 0.05) is 24.5 Å². The third-order valence-electron chi connectivity index (χ3n) is 22.1. The molecule has 0 heterocycles. The van der Waals surface area contributed by atoms with Gasteiger partial charge in [-0.05, 0) is 276 Å². The molecule has 5 aliphatic rings. The third-order valence-corrected chi connectivity index (χ3v) is 23.4. The van der Waals surface area contributed by atoms with Crippen LogP contribution in [0.2, 0.25) is 0 Å². The lowest BCUT2D eigenvalue weighted by Gasteiger charge is -2.28. The van der Waals surface area contributed by atoms with Crippen LogP contribution in [0.3, 0.4) is 0 Å². The fourth-order valence-corrected chi connectivity index (χ4v) is 16.7. The molecule has 5 fully saturated rings. The lowest BCUT2D eigenvalue weighted by atomic mass is 9.77. The molecule has 95 heavy (non-hydrogen) atoms. The Hall–Kier alpha value is -3.15. The van der Waals surface area contributed by atoms with Crippen molar-refractivity contribution in [2.75, 3.05) is 0 Å². The number of halogens is 5. The first-order chi connectivity index (χ1) is 44.0. The summed E-state index contributed by atoms with van der Waals surface area (Å²) >= 11 is 25.8. The van der Waals surface area contributed by atoms with Crippen LogP contribution in [0.25, 0.3) is 0 Å². The van der Waals surface area contributed by atoms with Crippen molar-refractivity contribution in [2.45, 2.75) is 346 Å². The summed E-state index contributed by atoms with van der Waals surface area (Å²) < 4.78 is 0. The maximum Gasteiger partial charge on any atom is 0.0377 e. The highest BCUT2D eigenvalue weighted by molar-refractivity contribution is 7.81. The van der Waals surface area contributed by atoms with E-state index >= 15 is 0 Å². The Morgan fingerprint density at radius 1 is 0.200 bits per heavy atom. The molecule has 5 radical (unpaired) electrons. The Morgan fingerprint density at radius 2 is 0.326 bits per heavy atom. The van der Waals surface area contributed by atoms with E-state index in [0.717, 1.165) is 83.7 Å². The number of rotatable bonds is 25. The van der Waals surface area contributed by atoms with Gasteiger partial charge in [0.1, 0.15) is 0 Å². The molecule has 5 aliphatic carbocycles. The van der Waals surface area contributed by atoms with Crippen molar-refractivity contribution in [3.05, 3.63) is 149 Å². The maximum absolute atomic E-state index is 5.15. The van der Waals surface area contributed by atoms with E-state index in [1.807, 2.05) is 0 Å². The van der Waals surface area contributed by atoms with Gasteiger partial charge in [-0.3, -0.25) is 23.5 Å². The summed E-state index contributed by atoms with van der Waals surface area (Å²) in [5, 5.41) is 0. The largest absolute Gasteiger partial charge is 0.269 e. The average molecular weight is 1410 g/mol. The predicted molar refractivity (Wildman–Crippen MR) is 418 cm³/mol. The van der Waals surface area contributed by atoms with E-state index in [0.29, 0.717) is 0 Å². The molecular weight excluding hydrogens is 1280 g/mol. The summed E-state index contributed by atoms with van der Waals surface area (Å²) in [6.45, 7) is 11.5. The van der Waals surface area contributed by atoms with E-state index in [4.69, 9.17) is 63.1 Å². The number of hydrogen-bond acceptors (Lipinski definition) is 0. The van der Waals surface area contributed by atoms with Gasteiger partial charge in [0.15, 0.2) is 0 Å². The molecule has 5 aromatic rings. The van der Waals surface area contributed by atoms with Crippen molar-refractivity contribution in [3.8, 4) is 0 Å². The topological polar surface area (TPSA) is 0 Å². The first-order valence-corrected chi connectivity index (χ1v) is 39.9. The van der Waals surface area contributed by atoms with Gasteiger partial charge in [0.25, 0.3) is 0 Å². The Kier molecular flexibility index (Phi) is 50.8. The predicted octanol–water partition coefficient (Wildman–Crippen LogP) is 31.2. The second-order valence-electron chi connectivity index (χ2n) is 28.9. The molecule has 0 amide bonds. The standard InChI is InChI=1S/5C17H25S.5FH/c5*1-2-3-4-5-14-6-8-15(9-7-14)16-10-12-17(18)13-11-16;;;;;/h5*10-15H,2-9H2,1H3;5*1H/t5*14-,15-;;;;;. The molecule has 0 unspecified atom stereocenters. The van der Waals surface area contributed by atoms with Gasteiger partial charge in [-0.25, -0.2) is 0 Å². The summed E-state index contributed by atoms with van der Waals surface area (Å²) in [7, 11) is 0. The smallest absolute Gasteiger partial charge is 0.0377 e. The summed E-state index contributed by atoms with van der Waals surface area (Å²) in [4.78, 5) is 4.82. The molecule has 5 saturated carbocycles. The van der Waals surface area contributed by atoms with Gasteiger partial charge in [0.2, 0.25) is 0 Å².